The molecule has 10 heteroatoms. The molecule has 0 spiro atoms. The Balaban J connectivity index is 1.73. The van der Waals surface area contributed by atoms with Gasteiger partial charge in [-0.3, -0.25) is 9.59 Å². The van der Waals surface area contributed by atoms with Crippen molar-refractivity contribution >= 4 is 28.7 Å². The van der Waals surface area contributed by atoms with Gasteiger partial charge in [0.1, 0.15) is 17.2 Å². The SMILES string of the molecule is CC(C)(C)OC(=O)N1CCN(c2cc3c(cc2F)c(=O)c(CC(=O)O)cn3-c2ccc(F)cc2)CC1. The predicted molar refractivity (Wildman–Crippen MR) is 131 cm³/mol. The van der Waals surface area contributed by atoms with E-state index in [9.17, 15) is 23.9 Å². The molecule has 1 aromatic heterocycles. The van der Waals surface area contributed by atoms with E-state index in [1.165, 1.54) is 36.5 Å². The van der Waals surface area contributed by atoms with E-state index < -0.39 is 41.1 Å². The Morgan fingerprint density at radius 2 is 1.67 bits per heavy atom. The number of aliphatic carboxylic acids is 1. The van der Waals surface area contributed by atoms with Crippen LogP contribution in [-0.2, 0) is 16.0 Å². The highest BCUT2D eigenvalue weighted by Gasteiger charge is 2.27. The molecule has 0 bridgehead atoms. The molecule has 8 nitrogen and oxygen atoms in total. The Bertz CT molecular complexity index is 1370. The van der Waals surface area contributed by atoms with E-state index in [0.29, 0.717) is 37.4 Å². The maximum atomic E-state index is 15.3. The van der Waals surface area contributed by atoms with Crippen LogP contribution in [0.5, 0.6) is 0 Å². The smallest absolute Gasteiger partial charge is 0.410 e. The molecule has 1 saturated heterocycles. The summed E-state index contributed by atoms with van der Waals surface area (Å²) in [6, 6.07) is 8.12. The maximum absolute atomic E-state index is 15.3. The first-order valence-corrected chi connectivity index (χ1v) is 11.5. The van der Waals surface area contributed by atoms with Crippen LogP contribution >= 0.6 is 0 Å². The average molecular weight is 500 g/mol. The largest absolute Gasteiger partial charge is 0.481 e. The molecule has 2 heterocycles. The number of carboxylic acids is 1. The zero-order valence-corrected chi connectivity index (χ0v) is 20.3. The topological polar surface area (TPSA) is 92.1 Å². The number of halogens is 2. The fourth-order valence-electron chi connectivity index (χ4n) is 4.19. The van der Waals surface area contributed by atoms with Gasteiger partial charge in [-0.1, -0.05) is 0 Å². The second-order valence-corrected chi connectivity index (χ2v) is 9.68. The van der Waals surface area contributed by atoms with Gasteiger partial charge in [-0.05, 0) is 57.2 Å². The summed E-state index contributed by atoms with van der Waals surface area (Å²) in [6.45, 7) is 6.71. The van der Waals surface area contributed by atoms with E-state index in [0.717, 1.165) is 6.07 Å². The van der Waals surface area contributed by atoms with Crippen molar-refractivity contribution in [3.05, 3.63) is 70.0 Å². The minimum Gasteiger partial charge on any atom is -0.481 e. The van der Waals surface area contributed by atoms with Gasteiger partial charge in [-0.2, -0.15) is 0 Å². The number of piperazine rings is 1. The second kappa shape index (κ2) is 9.60. The van der Waals surface area contributed by atoms with Crippen molar-refractivity contribution in [2.45, 2.75) is 32.8 Å². The van der Waals surface area contributed by atoms with Gasteiger partial charge in [-0.25, -0.2) is 13.6 Å². The number of nitrogens with zero attached hydrogens (tertiary/aromatic N) is 3. The first kappa shape index (κ1) is 25.2. The normalized spacial score (nSPS) is 14.2. The number of ether oxygens (including phenoxy) is 1. The molecule has 1 N–H and O–H groups in total. The summed E-state index contributed by atoms with van der Waals surface area (Å²) in [6.07, 6.45) is 0.428. The summed E-state index contributed by atoms with van der Waals surface area (Å²) >= 11 is 0. The van der Waals surface area contributed by atoms with Crippen molar-refractivity contribution in [3.8, 4) is 5.69 Å². The standard InChI is InChI=1S/C26H27F2N3O5/c1-26(2,3)36-25(35)30-10-8-29(9-11-30)22-14-21-19(13-20(22)28)24(34)16(12-23(32)33)15-31(21)18-6-4-17(27)5-7-18/h4-7,13-15H,8-12H2,1-3H3,(H,32,33). The summed E-state index contributed by atoms with van der Waals surface area (Å²) in [4.78, 5) is 40.0. The minimum atomic E-state index is -1.20. The van der Waals surface area contributed by atoms with Crippen molar-refractivity contribution in [2.75, 3.05) is 31.1 Å². The molecular formula is C26H27F2N3O5. The van der Waals surface area contributed by atoms with Crippen LogP contribution in [0, 0.1) is 11.6 Å². The molecule has 1 aliphatic rings. The van der Waals surface area contributed by atoms with Crippen LogP contribution in [0.15, 0.2) is 47.4 Å². The van der Waals surface area contributed by atoms with Crippen molar-refractivity contribution in [3.63, 3.8) is 0 Å². The highest BCUT2D eigenvalue weighted by atomic mass is 19.1. The molecule has 190 valence electrons. The number of carbonyl (C=O) groups is 2. The molecule has 0 radical (unpaired) electrons. The van der Waals surface area contributed by atoms with Gasteiger partial charge in [0.25, 0.3) is 0 Å². The van der Waals surface area contributed by atoms with E-state index in [2.05, 4.69) is 0 Å². The molecule has 3 aromatic rings. The number of benzene rings is 2. The average Bonchev–Trinajstić information content (AvgIpc) is 2.80. The lowest BCUT2D eigenvalue weighted by Crippen LogP contribution is -2.50. The quantitative estimate of drug-likeness (QED) is 0.585. The Hall–Kier alpha value is -3.95. The first-order valence-electron chi connectivity index (χ1n) is 11.5. The molecular weight excluding hydrogens is 472 g/mol. The fourth-order valence-corrected chi connectivity index (χ4v) is 4.19. The zero-order valence-electron chi connectivity index (χ0n) is 20.3. The number of carboxylic acid groups (broad SMARTS) is 1. The lowest BCUT2D eigenvalue weighted by molar-refractivity contribution is -0.136. The maximum Gasteiger partial charge on any atom is 0.410 e. The monoisotopic (exact) mass is 499 g/mol. The van der Waals surface area contributed by atoms with Gasteiger partial charge in [0.05, 0.1) is 17.6 Å². The molecule has 2 aromatic carbocycles. The van der Waals surface area contributed by atoms with Crippen LogP contribution in [0.4, 0.5) is 19.3 Å². The number of anilines is 1. The molecule has 1 amide bonds. The Morgan fingerprint density at radius 3 is 2.25 bits per heavy atom. The third-order valence-corrected chi connectivity index (χ3v) is 5.86. The van der Waals surface area contributed by atoms with Gasteiger partial charge in [-0.15, -0.1) is 0 Å². The van der Waals surface area contributed by atoms with Crippen LogP contribution in [-0.4, -0.2) is 58.4 Å². The summed E-state index contributed by atoms with van der Waals surface area (Å²) < 4.78 is 35.8. The van der Waals surface area contributed by atoms with Crippen molar-refractivity contribution in [1.82, 2.24) is 9.47 Å². The van der Waals surface area contributed by atoms with E-state index in [1.54, 1.807) is 35.1 Å². The van der Waals surface area contributed by atoms with E-state index >= 15 is 4.39 Å². The highest BCUT2D eigenvalue weighted by Crippen LogP contribution is 2.28. The van der Waals surface area contributed by atoms with Crippen molar-refractivity contribution in [1.29, 1.82) is 0 Å². The number of hydrogen-bond donors (Lipinski definition) is 1. The van der Waals surface area contributed by atoms with Crippen LogP contribution in [0.1, 0.15) is 26.3 Å². The number of carbonyl (C=O) groups excluding carboxylic acids is 1. The number of pyridine rings is 1. The zero-order chi connectivity index (χ0) is 26.2. The van der Waals surface area contributed by atoms with Gasteiger partial charge < -0.3 is 24.2 Å². The first-order chi connectivity index (χ1) is 16.9. The number of fused-ring (bicyclic) bond motifs is 1. The van der Waals surface area contributed by atoms with Gasteiger partial charge in [0, 0.05) is 49.0 Å². The van der Waals surface area contributed by atoms with Crippen LogP contribution < -0.4 is 10.3 Å². The third kappa shape index (κ3) is 5.32. The molecule has 0 unspecified atom stereocenters. The van der Waals surface area contributed by atoms with Crippen LogP contribution in [0.2, 0.25) is 0 Å². The number of aromatic nitrogens is 1. The lowest BCUT2D eigenvalue weighted by atomic mass is 10.1. The molecule has 0 aliphatic carbocycles. The summed E-state index contributed by atoms with van der Waals surface area (Å²) in [7, 11) is 0. The Kier molecular flexibility index (Phi) is 6.71. The van der Waals surface area contributed by atoms with Crippen molar-refractivity contribution < 1.29 is 28.2 Å². The molecule has 36 heavy (non-hydrogen) atoms. The second-order valence-electron chi connectivity index (χ2n) is 9.68. The molecule has 1 aliphatic heterocycles. The van der Waals surface area contributed by atoms with Gasteiger partial charge in [0.15, 0.2) is 5.43 Å². The summed E-state index contributed by atoms with van der Waals surface area (Å²) in [5.74, 6) is -2.29. The Morgan fingerprint density at radius 1 is 1.03 bits per heavy atom. The highest BCUT2D eigenvalue weighted by molar-refractivity contribution is 5.86. The lowest BCUT2D eigenvalue weighted by Gasteiger charge is -2.37. The third-order valence-electron chi connectivity index (χ3n) is 5.86. The fraction of sp³-hybridized carbons (Fsp3) is 0.346. The summed E-state index contributed by atoms with van der Waals surface area (Å²) in [5, 5.41) is 9.26. The van der Waals surface area contributed by atoms with E-state index in [-0.39, 0.29) is 16.6 Å². The number of hydrogen-bond acceptors (Lipinski definition) is 5. The molecule has 0 atom stereocenters. The van der Waals surface area contributed by atoms with Gasteiger partial charge >= 0.3 is 12.1 Å². The minimum absolute atomic E-state index is 0.0162. The van der Waals surface area contributed by atoms with Crippen molar-refractivity contribution in [2.24, 2.45) is 0 Å². The van der Waals surface area contributed by atoms with Crippen LogP contribution in [0.3, 0.4) is 0 Å². The molecule has 1 fully saturated rings. The van der Waals surface area contributed by atoms with Gasteiger partial charge in [0.2, 0.25) is 0 Å². The van der Waals surface area contributed by atoms with E-state index in [4.69, 9.17) is 4.74 Å². The number of amides is 1. The van der Waals surface area contributed by atoms with E-state index in [1.807, 2.05) is 0 Å². The summed E-state index contributed by atoms with van der Waals surface area (Å²) in [5.41, 5.74) is -0.134. The Labute approximate surface area is 206 Å². The number of rotatable bonds is 4. The molecule has 0 saturated carbocycles. The van der Waals surface area contributed by atoms with Crippen LogP contribution in [0.25, 0.3) is 16.6 Å². The predicted octanol–water partition coefficient (Wildman–Crippen LogP) is 3.95. The molecule has 4 rings (SSSR count).